The van der Waals surface area contributed by atoms with Crippen LogP contribution in [0.1, 0.15) is 16.8 Å². The molecule has 0 aliphatic heterocycles. The molecular weight excluding hydrogens is 288 g/mol. The van der Waals surface area contributed by atoms with Gasteiger partial charge in [-0.3, -0.25) is 4.79 Å². The number of aromatic nitrogens is 1. The van der Waals surface area contributed by atoms with Gasteiger partial charge in [0.2, 0.25) is 0 Å². The highest BCUT2D eigenvalue weighted by atomic mass is 16.1. The van der Waals surface area contributed by atoms with Gasteiger partial charge in [0.25, 0.3) is 5.91 Å². The molecule has 1 aromatic carbocycles. The molecule has 0 saturated heterocycles. The maximum absolute atomic E-state index is 12.2. The number of benzene rings is 1. The quantitative estimate of drug-likeness (QED) is 0.670. The lowest BCUT2D eigenvalue weighted by molar-refractivity contribution is -0.112. The minimum atomic E-state index is -0.457. The molecule has 2 aromatic rings. The molecular formula is C18H18N4O. The lowest BCUT2D eigenvalue weighted by Gasteiger charge is -2.10. The molecule has 0 bridgehead atoms. The zero-order chi connectivity index (χ0) is 16.8. The van der Waals surface area contributed by atoms with E-state index in [0.717, 1.165) is 16.8 Å². The Labute approximate surface area is 135 Å². The van der Waals surface area contributed by atoms with Crippen molar-refractivity contribution in [2.24, 2.45) is 0 Å². The third-order valence-electron chi connectivity index (χ3n) is 3.47. The van der Waals surface area contributed by atoms with Gasteiger partial charge in [0.05, 0.1) is 0 Å². The molecule has 0 radical (unpaired) electrons. The zero-order valence-electron chi connectivity index (χ0n) is 13.3. The Morgan fingerprint density at radius 2 is 1.91 bits per heavy atom. The summed E-state index contributed by atoms with van der Waals surface area (Å²) in [5.74, 6) is 0.124. The fourth-order valence-electron chi connectivity index (χ4n) is 1.99. The maximum atomic E-state index is 12.2. The number of amides is 1. The summed E-state index contributed by atoms with van der Waals surface area (Å²) in [6, 6.07) is 13.0. The second-order valence-electron chi connectivity index (χ2n) is 5.18. The van der Waals surface area contributed by atoms with E-state index in [1.165, 1.54) is 6.20 Å². The van der Waals surface area contributed by atoms with E-state index in [2.05, 4.69) is 15.6 Å². The number of nitrogens with one attached hydrogen (secondary N) is 2. The fraction of sp³-hybridized carbons (Fsp3) is 0.167. The number of anilines is 2. The van der Waals surface area contributed by atoms with Crippen molar-refractivity contribution < 1.29 is 4.79 Å². The van der Waals surface area contributed by atoms with Crippen LogP contribution in [0.25, 0.3) is 0 Å². The minimum Gasteiger partial charge on any atom is -0.345 e. The molecule has 2 N–H and O–H groups in total. The minimum absolute atomic E-state index is 0.0192. The van der Waals surface area contributed by atoms with Crippen molar-refractivity contribution in [3.8, 4) is 6.07 Å². The lowest BCUT2D eigenvalue weighted by Crippen LogP contribution is -2.15. The predicted molar refractivity (Wildman–Crippen MR) is 90.8 cm³/mol. The zero-order valence-corrected chi connectivity index (χ0v) is 13.3. The number of carbonyl (C=O) groups excluding carboxylic acids is 1. The van der Waals surface area contributed by atoms with Gasteiger partial charge < -0.3 is 10.6 Å². The Balaban J connectivity index is 2.14. The largest absolute Gasteiger partial charge is 0.345 e. The highest BCUT2D eigenvalue weighted by Gasteiger charge is 2.11. The van der Waals surface area contributed by atoms with Crippen LogP contribution in [0.5, 0.6) is 0 Å². The molecule has 2 rings (SSSR count). The highest BCUT2D eigenvalue weighted by molar-refractivity contribution is 6.07. The molecule has 0 aliphatic rings. The van der Waals surface area contributed by atoms with Crippen molar-refractivity contribution in [1.29, 1.82) is 5.26 Å². The van der Waals surface area contributed by atoms with Gasteiger partial charge in [0, 0.05) is 17.6 Å². The standard InChI is InChI=1S/C18H18N4O/c1-12-6-4-8-16(14(12)3)22-18(23)15(10-19)11-20-17-9-5-7-13(2)21-17/h4-9,11H,1-3H3,(H,20,21)(H,22,23)/b15-11-. The fourth-order valence-corrected chi connectivity index (χ4v) is 1.99. The number of aryl methyl sites for hydroxylation is 2. The van der Waals surface area contributed by atoms with E-state index in [4.69, 9.17) is 0 Å². The number of rotatable bonds is 4. The van der Waals surface area contributed by atoms with Crippen molar-refractivity contribution in [3.63, 3.8) is 0 Å². The van der Waals surface area contributed by atoms with Gasteiger partial charge in [-0.2, -0.15) is 5.26 Å². The summed E-state index contributed by atoms with van der Waals surface area (Å²) in [5.41, 5.74) is 3.58. The van der Waals surface area contributed by atoms with E-state index in [1.54, 1.807) is 6.07 Å². The molecule has 1 aromatic heterocycles. The first kappa shape index (κ1) is 16.2. The Kier molecular flexibility index (Phi) is 5.11. The van der Waals surface area contributed by atoms with Crippen LogP contribution in [0, 0.1) is 32.1 Å². The van der Waals surface area contributed by atoms with Crippen LogP contribution in [-0.4, -0.2) is 10.9 Å². The number of nitrogens with zero attached hydrogens (tertiary/aromatic N) is 2. The maximum Gasteiger partial charge on any atom is 0.267 e. The first-order valence-electron chi connectivity index (χ1n) is 7.19. The van der Waals surface area contributed by atoms with Crippen molar-refractivity contribution in [1.82, 2.24) is 4.98 Å². The van der Waals surface area contributed by atoms with Crippen LogP contribution in [0.3, 0.4) is 0 Å². The molecule has 0 atom stereocenters. The van der Waals surface area contributed by atoms with E-state index in [1.807, 2.05) is 57.2 Å². The van der Waals surface area contributed by atoms with Crippen LogP contribution < -0.4 is 10.6 Å². The molecule has 1 amide bonds. The summed E-state index contributed by atoms with van der Waals surface area (Å²) in [6.07, 6.45) is 1.36. The van der Waals surface area contributed by atoms with Gasteiger partial charge >= 0.3 is 0 Å². The third-order valence-corrected chi connectivity index (χ3v) is 3.47. The average Bonchev–Trinajstić information content (AvgIpc) is 2.52. The molecule has 5 heteroatoms. The molecule has 116 valence electrons. The molecule has 0 fully saturated rings. The number of hydrogen-bond donors (Lipinski definition) is 2. The van der Waals surface area contributed by atoms with Gasteiger partial charge in [0.1, 0.15) is 17.5 Å². The van der Waals surface area contributed by atoms with Crippen molar-refractivity contribution >= 4 is 17.4 Å². The van der Waals surface area contributed by atoms with Crippen molar-refractivity contribution in [2.45, 2.75) is 20.8 Å². The monoisotopic (exact) mass is 306 g/mol. The van der Waals surface area contributed by atoms with E-state index in [9.17, 15) is 10.1 Å². The number of pyridine rings is 1. The van der Waals surface area contributed by atoms with E-state index in [-0.39, 0.29) is 5.57 Å². The second-order valence-corrected chi connectivity index (χ2v) is 5.18. The Morgan fingerprint density at radius 1 is 1.17 bits per heavy atom. The molecule has 0 spiro atoms. The summed E-state index contributed by atoms with van der Waals surface area (Å²) >= 11 is 0. The SMILES string of the molecule is Cc1cccc(N/C=C(/C#N)C(=O)Nc2cccc(C)c2C)n1. The summed E-state index contributed by atoms with van der Waals surface area (Å²) in [7, 11) is 0. The van der Waals surface area contributed by atoms with Gasteiger partial charge in [0.15, 0.2) is 0 Å². The van der Waals surface area contributed by atoms with Crippen LogP contribution in [0.4, 0.5) is 11.5 Å². The smallest absolute Gasteiger partial charge is 0.267 e. The molecule has 0 unspecified atom stereocenters. The van der Waals surface area contributed by atoms with Gasteiger partial charge in [-0.15, -0.1) is 0 Å². The molecule has 5 nitrogen and oxygen atoms in total. The lowest BCUT2D eigenvalue weighted by atomic mass is 10.1. The van der Waals surface area contributed by atoms with E-state index in [0.29, 0.717) is 11.5 Å². The summed E-state index contributed by atoms with van der Waals surface area (Å²) in [5, 5.41) is 14.8. The Morgan fingerprint density at radius 3 is 2.61 bits per heavy atom. The van der Waals surface area contributed by atoms with Crippen LogP contribution >= 0.6 is 0 Å². The normalized spacial score (nSPS) is 10.8. The summed E-state index contributed by atoms with van der Waals surface area (Å²) in [4.78, 5) is 16.5. The second kappa shape index (κ2) is 7.23. The van der Waals surface area contributed by atoms with Gasteiger partial charge in [-0.25, -0.2) is 4.98 Å². The number of carbonyl (C=O) groups is 1. The molecule has 0 aliphatic carbocycles. The predicted octanol–water partition coefficient (Wildman–Crippen LogP) is 3.46. The van der Waals surface area contributed by atoms with Crippen molar-refractivity contribution in [2.75, 3.05) is 10.6 Å². The van der Waals surface area contributed by atoms with Crippen molar-refractivity contribution in [3.05, 3.63) is 65.0 Å². The topological polar surface area (TPSA) is 77.8 Å². The summed E-state index contributed by atoms with van der Waals surface area (Å²) in [6.45, 7) is 5.76. The molecule has 1 heterocycles. The van der Waals surface area contributed by atoms with Crippen LogP contribution in [-0.2, 0) is 4.79 Å². The Bertz CT molecular complexity index is 803. The van der Waals surface area contributed by atoms with Crippen LogP contribution in [0.2, 0.25) is 0 Å². The van der Waals surface area contributed by atoms with E-state index < -0.39 is 5.91 Å². The van der Waals surface area contributed by atoms with Crippen LogP contribution in [0.15, 0.2) is 48.2 Å². The van der Waals surface area contributed by atoms with Gasteiger partial charge in [-0.05, 0) is 50.1 Å². The summed E-state index contributed by atoms with van der Waals surface area (Å²) < 4.78 is 0. The van der Waals surface area contributed by atoms with Gasteiger partial charge in [-0.1, -0.05) is 18.2 Å². The average molecular weight is 306 g/mol. The number of nitriles is 1. The first-order valence-corrected chi connectivity index (χ1v) is 7.19. The number of hydrogen-bond acceptors (Lipinski definition) is 4. The van der Waals surface area contributed by atoms with E-state index >= 15 is 0 Å². The highest BCUT2D eigenvalue weighted by Crippen LogP contribution is 2.18. The third kappa shape index (κ3) is 4.17. The first-order chi connectivity index (χ1) is 11.0. The molecule has 0 saturated carbocycles. The Hall–Kier alpha value is -3.13. The molecule has 23 heavy (non-hydrogen) atoms.